The van der Waals surface area contributed by atoms with Crippen molar-refractivity contribution in [2.75, 3.05) is 13.1 Å². The second kappa shape index (κ2) is 5.91. The van der Waals surface area contributed by atoms with E-state index >= 15 is 0 Å². The molecule has 1 saturated heterocycles. The predicted octanol–water partition coefficient (Wildman–Crippen LogP) is 3.48. The highest BCUT2D eigenvalue weighted by Gasteiger charge is 2.19. The minimum absolute atomic E-state index is 0. The van der Waals surface area contributed by atoms with Gasteiger partial charge in [0.25, 0.3) is 0 Å². The van der Waals surface area contributed by atoms with Crippen LogP contribution in [0.1, 0.15) is 0 Å². The van der Waals surface area contributed by atoms with Crippen LogP contribution in [0.25, 0.3) is 0 Å². The van der Waals surface area contributed by atoms with Crippen molar-refractivity contribution < 1.29 is 4.74 Å². The lowest BCUT2D eigenvalue weighted by molar-refractivity contribution is 0.142. The highest BCUT2D eigenvalue weighted by atomic mass is 127. The van der Waals surface area contributed by atoms with Crippen LogP contribution in [-0.4, -0.2) is 19.2 Å². The average molecular weight is 425 g/mol. The summed E-state index contributed by atoms with van der Waals surface area (Å²) in [5.41, 5.74) is 0. The summed E-state index contributed by atoms with van der Waals surface area (Å²) in [4.78, 5) is 0. The number of benzene rings is 1. The Morgan fingerprint density at radius 2 is 2.13 bits per heavy atom. The van der Waals surface area contributed by atoms with Gasteiger partial charge in [-0.1, -0.05) is 11.6 Å². The van der Waals surface area contributed by atoms with Gasteiger partial charge in [-0.2, -0.15) is 0 Å². The first-order valence-corrected chi connectivity index (χ1v) is 6.43. The topological polar surface area (TPSA) is 21.3 Å². The molecule has 0 saturated carbocycles. The molecule has 1 aliphatic heterocycles. The summed E-state index contributed by atoms with van der Waals surface area (Å²) in [7, 11) is 0. The molecular weight excluding hydrogens is 416 g/mol. The summed E-state index contributed by atoms with van der Waals surface area (Å²) in [6.07, 6.45) is 0.268. The number of ether oxygens (including phenoxy) is 1. The Kier molecular flexibility index (Phi) is 5.45. The molecule has 1 N–H and O–H groups in total. The van der Waals surface area contributed by atoms with E-state index in [9.17, 15) is 0 Å². The fourth-order valence-corrected chi connectivity index (χ4v) is 2.24. The molecule has 0 aromatic heterocycles. The van der Waals surface area contributed by atoms with Crippen molar-refractivity contribution in [1.82, 2.24) is 5.32 Å². The van der Waals surface area contributed by atoms with Crippen molar-refractivity contribution in [2.24, 2.45) is 0 Å². The van der Waals surface area contributed by atoms with E-state index in [4.69, 9.17) is 16.3 Å². The van der Waals surface area contributed by atoms with E-state index in [0.29, 0.717) is 5.02 Å². The summed E-state index contributed by atoms with van der Waals surface area (Å²) in [6, 6.07) is 3.82. The van der Waals surface area contributed by atoms with Crippen molar-refractivity contribution in [2.45, 2.75) is 6.10 Å². The maximum absolute atomic E-state index is 6.05. The molecule has 1 fully saturated rings. The molecule has 0 unspecified atom stereocenters. The molecule has 0 aliphatic carbocycles. The van der Waals surface area contributed by atoms with Crippen molar-refractivity contribution in [1.29, 1.82) is 0 Å². The number of halogens is 4. The van der Waals surface area contributed by atoms with Crippen LogP contribution >= 0.6 is 62.5 Å². The lowest BCUT2D eigenvalue weighted by Crippen LogP contribution is -2.50. The highest BCUT2D eigenvalue weighted by molar-refractivity contribution is 14.1. The molecule has 2 nitrogen and oxygen atoms in total. The molecular formula is C9H9BrCl2INO. The first-order valence-electron chi connectivity index (χ1n) is 4.19. The van der Waals surface area contributed by atoms with Crippen LogP contribution < -0.4 is 10.1 Å². The van der Waals surface area contributed by atoms with Gasteiger partial charge in [0.2, 0.25) is 0 Å². The Morgan fingerprint density at radius 1 is 1.47 bits per heavy atom. The van der Waals surface area contributed by atoms with E-state index in [0.717, 1.165) is 26.9 Å². The summed E-state index contributed by atoms with van der Waals surface area (Å²) in [5, 5.41) is 3.80. The SMILES string of the molecule is Cl.Clc1cc(Br)c(I)cc1OC1CNC1. The summed E-state index contributed by atoms with van der Waals surface area (Å²) >= 11 is 11.7. The second-order valence-electron chi connectivity index (χ2n) is 3.09. The molecule has 0 amide bonds. The number of rotatable bonds is 2. The van der Waals surface area contributed by atoms with Gasteiger partial charge in [0.15, 0.2) is 0 Å². The van der Waals surface area contributed by atoms with Gasteiger partial charge in [-0.05, 0) is 50.7 Å². The van der Waals surface area contributed by atoms with E-state index in [1.165, 1.54) is 0 Å². The molecule has 0 radical (unpaired) electrons. The summed E-state index contributed by atoms with van der Waals surface area (Å²) < 4.78 is 7.80. The third kappa shape index (κ3) is 3.36. The van der Waals surface area contributed by atoms with Crippen LogP contribution in [0.4, 0.5) is 0 Å². The highest BCUT2D eigenvalue weighted by Crippen LogP contribution is 2.32. The summed E-state index contributed by atoms with van der Waals surface area (Å²) in [6.45, 7) is 1.81. The van der Waals surface area contributed by atoms with E-state index in [-0.39, 0.29) is 18.5 Å². The Bertz CT molecular complexity index is 360. The Hall–Kier alpha value is 0.770. The molecule has 1 heterocycles. The molecule has 1 aromatic rings. The molecule has 0 atom stereocenters. The minimum Gasteiger partial charge on any atom is -0.486 e. The van der Waals surface area contributed by atoms with Crippen molar-refractivity contribution >= 4 is 62.5 Å². The second-order valence-corrected chi connectivity index (χ2v) is 5.52. The standard InChI is InChI=1S/C9H8BrClINO.ClH/c10-6-1-7(11)9(2-8(6)12)14-5-3-13-4-5;/h1-2,5,13H,3-4H2;1H. The van der Waals surface area contributed by atoms with E-state index < -0.39 is 0 Å². The van der Waals surface area contributed by atoms with Gasteiger partial charge in [-0.15, -0.1) is 12.4 Å². The minimum atomic E-state index is 0. The zero-order chi connectivity index (χ0) is 10.1. The fraction of sp³-hybridized carbons (Fsp3) is 0.333. The van der Waals surface area contributed by atoms with Gasteiger partial charge in [0.1, 0.15) is 11.9 Å². The number of hydrogen-bond acceptors (Lipinski definition) is 2. The number of nitrogens with one attached hydrogen (secondary N) is 1. The van der Waals surface area contributed by atoms with Crippen LogP contribution in [0, 0.1) is 3.57 Å². The monoisotopic (exact) mass is 423 g/mol. The maximum Gasteiger partial charge on any atom is 0.139 e. The summed E-state index contributed by atoms with van der Waals surface area (Å²) in [5.74, 6) is 0.769. The fourth-order valence-electron chi connectivity index (χ4n) is 1.12. The van der Waals surface area contributed by atoms with Crippen LogP contribution in [0.2, 0.25) is 5.02 Å². The largest absolute Gasteiger partial charge is 0.486 e. The molecule has 0 spiro atoms. The van der Waals surface area contributed by atoms with E-state index in [2.05, 4.69) is 43.8 Å². The van der Waals surface area contributed by atoms with Gasteiger partial charge in [0, 0.05) is 21.1 Å². The van der Waals surface area contributed by atoms with Crippen molar-refractivity contribution in [3.63, 3.8) is 0 Å². The zero-order valence-electron chi connectivity index (χ0n) is 7.60. The molecule has 15 heavy (non-hydrogen) atoms. The number of hydrogen-bond donors (Lipinski definition) is 1. The third-order valence-electron chi connectivity index (χ3n) is 2.01. The third-order valence-corrected chi connectivity index (χ3v) is 4.60. The lowest BCUT2D eigenvalue weighted by atomic mass is 10.2. The smallest absolute Gasteiger partial charge is 0.139 e. The molecule has 2 rings (SSSR count). The molecule has 6 heteroatoms. The average Bonchev–Trinajstić information content (AvgIpc) is 2.06. The van der Waals surface area contributed by atoms with Gasteiger partial charge in [-0.25, -0.2) is 0 Å². The van der Waals surface area contributed by atoms with Crippen molar-refractivity contribution in [3.05, 3.63) is 25.2 Å². The normalized spacial score (nSPS) is 15.4. The van der Waals surface area contributed by atoms with Gasteiger partial charge >= 0.3 is 0 Å². The molecule has 84 valence electrons. The van der Waals surface area contributed by atoms with Crippen molar-refractivity contribution in [3.8, 4) is 5.75 Å². The van der Waals surface area contributed by atoms with Crippen LogP contribution in [-0.2, 0) is 0 Å². The first kappa shape index (κ1) is 13.8. The van der Waals surface area contributed by atoms with Gasteiger partial charge in [-0.3, -0.25) is 0 Å². The Morgan fingerprint density at radius 3 is 2.67 bits per heavy atom. The van der Waals surface area contributed by atoms with Crippen LogP contribution in [0.15, 0.2) is 16.6 Å². The Labute approximate surface area is 122 Å². The quantitative estimate of drug-likeness (QED) is 0.579. The lowest BCUT2D eigenvalue weighted by Gasteiger charge is -2.28. The van der Waals surface area contributed by atoms with Gasteiger partial charge < -0.3 is 10.1 Å². The van der Waals surface area contributed by atoms with Gasteiger partial charge in [0.05, 0.1) is 5.02 Å². The maximum atomic E-state index is 6.05. The van der Waals surface area contributed by atoms with Crippen LogP contribution in [0.5, 0.6) is 5.75 Å². The van der Waals surface area contributed by atoms with E-state index in [1.54, 1.807) is 0 Å². The predicted molar refractivity (Wildman–Crippen MR) is 76.4 cm³/mol. The molecule has 1 aromatic carbocycles. The first-order chi connectivity index (χ1) is 6.66. The van der Waals surface area contributed by atoms with Crippen LogP contribution in [0.3, 0.4) is 0 Å². The molecule has 0 bridgehead atoms. The molecule has 1 aliphatic rings. The Balaban J connectivity index is 0.00000112. The zero-order valence-corrected chi connectivity index (χ0v) is 12.9. The van der Waals surface area contributed by atoms with E-state index in [1.807, 2.05) is 12.1 Å².